The van der Waals surface area contributed by atoms with Gasteiger partial charge in [-0.3, -0.25) is 0 Å². The average molecular weight is 646 g/mol. The third-order valence-corrected chi connectivity index (χ3v) is 9.46. The molecule has 0 aliphatic rings. The molecule has 2 aromatic heterocycles. The number of hydrogen-bond donors (Lipinski definition) is 0. The van der Waals surface area contributed by atoms with Crippen LogP contribution in [0.25, 0.3) is 88.4 Å². The molecule has 2 heterocycles. The molecular formula is C48H32N2. The highest BCUT2D eigenvalue weighted by Gasteiger charge is 2.20. The SMILES string of the molecule is [2H]c1c([2H])c([2H])c(-c2c([2H])c([2H])c([2H])c(-n3c4ccccc4c4c5c6ccccc6n(-c6cccc(-c7cccc(-c8ccccc8)c7)c6)c5ccc43)c2[2H])c([2H])c1[2H]. The van der Waals surface area contributed by atoms with Gasteiger partial charge in [0.15, 0.2) is 0 Å². The average Bonchev–Trinajstić information content (AvgIpc) is 3.79. The quantitative estimate of drug-likeness (QED) is 0.176. The predicted octanol–water partition coefficient (Wildman–Crippen LogP) is 12.9. The van der Waals surface area contributed by atoms with Crippen LogP contribution in [0.3, 0.4) is 0 Å². The Bertz CT molecular complexity index is 3360. The highest BCUT2D eigenvalue weighted by Crippen LogP contribution is 2.43. The van der Waals surface area contributed by atoms with Crippen molar-refractivity contribution in [2.45, 2.75) is 0 Å². The smallest absolute Gasteiger partial charge is 0.0651 e. The topological polar surface area (TPSA) is 9.86 Å². The highest BCUT2D eigenvalue weighted by molar-refractivity contribution is 6.28. The van der Waals surface area contributed by atoms with Crippen molar-refractivity contribution in [2.75, 3.05) is 0 Å². The van der Waals surface area contributed by atoms with Crippen molar-refractivity contribution in [1.29, 1.82) is 0 Å². The summed E-state index contributed by atoms with van der Waals surface area (Å²) in [6.45, 7) is 0. The van der Waals surface area contributed by atoms with Gasteiger partial charge in [0.05, 0.1) is 34.4 Å². The van der Waals surface area contributed by atoms with E-state index in [4.69, 9.17) is 9.60 Å². The zero-order chi connectivity index (χ0) is 40.9. The molecule has 0 fully saturated rings. The van der Waals surface area contributed by atoms with Crippen LogP contribution >= 0.6 is 0 Å². The molecule has 0 aliphatic carbocycles. The molecule has 234 valence electrons. The van der Waals surface area contributed by atoms with Crippen molar-refractivity contribution in [1.82, 2.24) is 9.13 Å². The minimum absolute atomic E-state index is 0.0208. The molecule has 0 saturated carbocycles. The summed E-state index contributed by atoms with van der Waals surface area (Å²) in [5.41, 5.74) is 7.97. The fourth-order valence-corrected chi connectivity index (χ4v) is 7.32. The fourth-order valence-electron chi connectivity index (χ4n) is 7.32. The normalized spacial score (nSPS) is 14.1. The molecule has 0 aliphatic heterocycles. The van der Waals surface area contributed by atoms with Gasteiger partial charge in [-0.05, 0) is 87.9 Å². The van der Waals surface area contributed by atoms with E-state index in [0.717, 1.165) is 60.5 Å². The number of nitrogens with zero attached hydrogens (tertiary/aromatic N) is 2. The van der Waals surface area contributed by atoms with E-state index in [1.165, 1.54) is 0 Å². The van der Waals surface area contributed by atoms with Crippen molar-refractivity contribution < 1.29 is 12.3 Å². The number of fused-ring (bicyclic) bond motifs is 7. The lowest BCUT2D eigenvalue weighted by Crippen LogP contribution is -1.95. The lowest BCUT2D eigenvalue weighted by molar-refractivity contribution is 1.17. The summed E-state index contributed by atoms with van der Waals surface area (Å²) in [5.74, 6) is 0. The Balaban J connectivity index is 1.25. The Morgan fingerprint density at radius 3 is 1.58 bits per heavy atom. The maximum Gasteiger partial charge on any atom is 0.0651 e. The van der Waals surface area contributed by atoms with Gasteiger partial charge in [0.25, 0.3) is 0 Å². The molecule has 10 aromatic rings. The molecule has 50 heavy (non-hydrogen) atoms. The summed E-state index contributed by atoms with van der Waals surface area (Å²) < 4.78 is 82.7. The van der Waals surface area contributed by atoms with Gasteiger partial charge in [-0.15, -0.1) is 0 Å². The Hall–Kier alpha value is -6.64. The number of aromatic nitrogens is 2. The van der Waals surface area contributed by atoms with Crippen molar-refractivity contribution in [2.24, 2.45) is 0 Å². The molecule has 0 saturated heterocycles. The highest BCUT2D eigenvalue weighted by atomic mass is 15.0. The first kappa shape index (κ1) is 20.7. The molecule has 0 bridgehead atoms. The Morgan fingerprint density at radius 1 is 0.340 bits per heavy atom. The van der Waals surface area contributed by atoms with E-state index < -0.39 is 42.3 Å². The van der Waals surface area contributed by atoms with Crippen molar-refractivity contribution in [3.63, 3.8) is 0 Å². The van der Waals surface area contributed by atoms with Crippen LogP contribution in [0.5, 0.6) is 0 Å². The maximum absolute atomic E-state index is 9.56. The van der Waals surface area contributed by atoms with E-state index in [2.05, 4.69) is 77.4 Å². The minimum Gasteiger partial charge on any atom is -0.309 e. The molecule has 2 heteroatoms. The van der Waals surface area contributed by atoms with Crippen LogP contribution in [-0.4, -0.2) is 9.13 Å². The first-order valence-electron chi connectivity index (χ1n) is 21.0. The number of benzene rings is 8. The van der Waals surface area contributed by atoms with Crippen LogP contribution in [0.1, 0.15) is 12.3 Å². The van der Waals surface area contributed by atoms with E-state index in [9.17, 15) is 2.74 Å². The van der Waals surface area contributed by atoms with Crippen LogP contribution in [0.2, 0.25) is 0 Å². The zero-order valence-corrected chi connectivity index (χ0v) is 26.7. The first-order chi connectivity index (χ1) is 28.6. The second-order valence-corrected chi connectivity index (χ2v) is 12.3. The monoisotopic (exact) mass is 645 g/mol. The van der Waals surface area contributed by atoms with Crippen LogP contribution < -0.4 is 0 Å². The lowest BCUT2D eigenvalue weighted by atomic mass is 9.99. The van der Waals surface area contributed by atoms with Gasteiger partial charge in [0, 0.05) is 32.9 Å². The predicted molar refractivity (Wildman–Crippen MR) is 211 cm³/mol. The maximum atomic E-state index is 9.56. The van der Waals surface area contributed by atoms with E-state index in [1.807, 2.05) is 66.7 Å². The van der Waals surface area contributed by atoms with Gasteiger partial charge in [0.2, 0.25) is 0 Å². The molecule has 0 unspecified atom stereocenters. The Kier molecular flexibility index (Phi) is 4.76. The van der Waals surface area contributed by atoms with Gasteiger partial charge >= 0.3 is 0 Å². The Morgan fingerprint density at radius 2 is 0.880 bits per heavy atom. The second-order valence-electron chi connectivity index (χ2n) is 12.3. The summed E-state index contributed by atoms with van der Waals surface area (Å²) in [6.07, 6.45) is 0. The molecule has 10 rings (SSSR count). The summed E-state index contributed by atoms with van der Waals surface area (Å²) >= 11 is 0. The third kappa shape index (κ3) is 4.50. The molecule has 2 nitrogen and oxygen atoms in total. The van der Waals surface area contributed by atoms with E-state index in [-0.39, 0.29) is 28.9 Å². The molecule has 0 amide bonds. The summed E-state index contributed by atoms with van der Waals surface area (Å²) in [6, 6.07) is 42.4. The Labute approximate surface area is 303 Å². The third-order valence-electron chi connectivity index (χ3n) is 9.46. The first-order valence-corrected chi connectivity index (χ1v) is 16.5. The minimum atomic E-state index is -0.607. The molecule has 0 radical (unpaired) electrons. The standard InChI is InChI=1S/C48H32N2/c1-3-14-33(15-4-1)35-18-11-19-36(30-35)38-21-13-23-40(32-38)50-44-27-10-8-25-42(44)48-46(50)29-28-45-47(48)41-24-7-9-26-43(41)49(45)39-22-12-20-37(31-39)34-16-5-2-6-17-34/h1-32H/i2D,5D,6D,12D,16D,17D,20D,22D,31D. The van der Waals surface area contributed by atoms with Crippen molar-refractivity contribution in [3.05, 3.63) is 194 Å². The van der Waals surface area contributed by atoms with Crippen LogP contribution in [0, 0.1) is 0 Å². The largest absolute Gasteiger partial charge is 0.309 e. The van der Waals surface area contributed by atoms with Gasteiger partial charge in [-0.2, -0.15) is 0 Å². The fraction of sp³-hybridized carbons (Fsp3) is 0. The molecule has 8 aromatic carbocycles. The van der Waals surface area contributed by atoms with Gasteiger partial charge < -0.3 is 9.13 Å². The summed E-state index contributed by atoms with van der Waals surface area (Å²) in [5, 5.41) is 3.65. The molecular weight excluding hydrogens is 605 g/mol. The van der Waals surface area contributed by atoms with Gasteiger partial charge in [-0.1, -0.05) is 139 Å². The second kappa shape index (κ2) is 11.5. The summed E-state index contributed by atoms with van der Waals surface area (Å²) in [4.78, 5) is 0. The van der Waals surface area contributed by atoms with E-state index >= 15 is 0 Å². The van der Waals surface area contributed by atoms with Crippen molar-refractivity contribution >= 4 is 43.6 Å². The van der Waals surface area contributed by atoms with Gasteiger partial charge in [0.1, 0.15) is 0 Å². The van der Waals surface area contributed by atoms with Crippen LogP contribution in [0.15, 0.2) is 194 Å². The lowest BCUT2D eigenvalue weighted by Gasteiger charge is -2.12. The molecule has 0 spiro atoms. The zero-order valence-electron chi connectivity index (χ0n) is 35.7. The van der Waals surface area contributed by atoms with Crippen molar-refractivity contribution in [3.8, 4) is 44.8 Å². The summed E-state index contributed by atoms with van der Waals surface area (Å²) in [7, 11) is 0. The van der Waals surface area contributed by atoms with E-state index in [0.29, 0.717) is 11.0 Å². The number of hydrogen-bond acceptors (Lipinski definition) is 0. The number of para-hydroxylation sites is 2. The van der Waals surface area contributed by atoms with Crippen LogP contribution in [0.4, 0.5) is 0 Å². The van der Waals surface area contributed by atoms with Gasteiger partial charge in [-0.25, -0.2) is 0 Å². The molecule has 0 atom stereocenters. The molecule has 0 N–H and O–H groups in total. The number of rotatable bonds is 5. The van der Waals surface area contributed by atoms with E-state index in [1.54, 1.807) is 4.57 Å². The van der Waals surface area contributed by atoms with Crippen LogP contribution in [-0.2, 0) is 0 Å².